The van der Waals surface area contributed by atoms with E-state index in [1.807, 2.05) is 13.1 Å². The van der Waals surface area contributed by atoms with Gasteiger partial charge in [-0.25, -0.2) is 9.97 Å². The molecule has 1 saturated heterocycles. The number of aromatic nitrogens is 2. The van der Waals surface area contributed by atoms with Gasteiger partial charge in [0, 0.05) is 32.6 Å². The van der Waals surface area contributed by atoms with Gasteiger partial charge in [0.25, 0.3) is 0 Å². The number of ether oxygens (including phenoxy) is 1. The molecule has 106 valence electrons. The molecule has 1 aromatic heterocycles. The van der Waals surface area contributed by atoms with E-state index >= 15 is 0 Å². The van der Waals surface area contributed by atoms with Gasteiger partial charge >= 0.3 is 0 Å². The first-order chi connectivity index (χ1) is 9.04. The quantitative estimate of drug-likeness (QED) is 0.902. The highest BCUT2D eigenvalue weighted by Gasteiger charge is 2.28. The van der Waals surface area contributed by atoms with Gasteiger partial charge in [0.1, 0.15) is 17.5 Å². The summed E-state index contributed by atoms with van der Waals surface area (Å²) in [7, 11) is 1.89. The summed E-state index contributed by atoms with van der Waals surface area (Å²) in [5.41, 5.74) is -0.117. The Hall–Kier alpha value is -1.36. The Labute approximate surface area is 115 Å². The molecule has 1 aromatic rings. The second-order valence-electron chi connectivity index (χ2n) is 5.56. The Morgan fingerprint density at radius 3 is 2.84 bits per heavy atom. The van der Waals surface area contributed by atoms with Crippen molar-refractivity contribution in [2.45, 2.75) is 39.2 Å². The van der Waals surface area contributed by atoms with Crippen LogP contribution in [0, 0.1) is 0 Å². The van der Waals surface area contributed by atoms with Crippen LogP contribution in [0.3, 0.4) is 0 Å². The topological polar surface area (TPSA) is 50.3 Å². The maximum Gasteiger partial charge on any atom is 0.134 e. The molecule has 0 aromatic carbocycles. The lowest BCUT2D eigenvalue weighted by molar-refractivity contribution is -0.0279. The fourth-order valence-electron chi connectivity index (χ4n) is 2.32. The number of hydrogen-bond donors (Lipinski definition) is 1. The van der Waals surface area contributed by atoms with Crippen molar-refractivity contribution >= 4 is 11.6 Å². The van der Waals surface area contributed by atoms with E-state index < -0.39 is 0 Å². The summed E-state index contributed by atoms with van der Waals surface area (Å²) in [5, 5.41) is 3.12. The van der Waals surface area contributed by atoms with E-state index in [1.54, 1.807) is 0 Å². The molecule has 19 heavy (non-hydrogen) atoms. The van der Waals surface area contributed by atoms with Gasteiger partial charge in [-0.05, 0) is 20.3 Å². The van der Waals surface area contributed by atoms with Crippen LogP contribution < -0.4 is 10.2 Å². The molecule has 2 heterocycles. The van der Waals surface area contributed by atoms with Crippen LogP contribution in [0.2, 0.25) is 0 Å². The van der Waals surface area contributed by atoms with Crippen molar-refractivity contribution in [2.75, 3.05) is 37.0 Å². The van der Waals surface area contributed by atoms with Crippen molar-refractivity contribution in [1.82, 2.24) is 9.97 Å². The van der Waals surface area contributed by atoms with E-state index in [9.17, 15) is 0 Å². The maximum atomic E-state index is 5.75. The zero-order chi connectivity index (χ0) is 13.9. The Morgan fingerprint density at radius 2 is 2.21 bits per heavy atom. The number of nitrogens with one attached hydrogen (secondary N) is 1. The molecule has 0 saturated carbocycles. The SMILES string of the molecule is CCCc1nc(NC)cc(N2CCOC(C)(C)C2)n1. The number of nitrogens with zero attached hydrogens (tertiary/aromatic N) is 3. The highest BCUT2D eigenvalue weighted by atomic mass is 16.5. The lowest BCUT2D eigenvalue weighted by atomic mass is 10.1. The molecule has 0 unspecified atom stereocenters. The van der Waals surface area contributed by atoms with Crippen molar-refractivity contribution in [3.05, 3.63) is 11.9 Å². The van der Waals surface area contributed by atoms with Gasteiger partial charge in [0.05, 0.1) is 12.2 Å². The first-order valence-corrected chi connectivity index (χ1v) is 6.98. The predicted molar refractivity (Wildman–Crippen MR) is 77.8 cm³/mol. The molecule has 5 heteroatoms. The van der Waals surface area contributed by atoms with Crippen molar-refractivity contribution in [3.8, 4) is 0 Å². The highest BCUT2D eigenvalue weighted by molar-refractivity contribution is 5.49. The minimum Gasteiger partial charge on any atom is -0.373 e. The average molecular weight is 264 g/mol. The summed E-state index contributed by atoms with van der Waals surface area (Å²) in [5.74, 6) is 2.80. The van der Waals surface area contributed by atoms with E-state index in [-0.39, 0.29) is 5.60 Å². The number of aryl methyl sites for hydroxylation is 1. The van der Waals surface area contributed by atoms with E-state index in [4.69, 9.17) is 4.74 Å². The fourth-order valence-corrected chi connectivity index (χ4v) is 2.32. The predicted octanol–water partition coefficient (Wildman–Crippen LogP) is 2.09. The zero-order valence-corrected chi connectivity index (χ0v) is 12.4. The standard InChI is InChI=1S/C14H24N4O/c1-5-6-11-16-12(15-4)9-13(17-11)18-7-8-19-14(2,3)10-18/h9H,5-8,10H2,1-4H3,(H,15,16,17). The maximum absolute atomic E-state index is 5.75. The molecule has 0 spiro atoms. The van der Waals surface area contributed by atoms with Gasteiger partial charge < -0.3 is 15.0 Å². The molecule has 1 fully saturated rings. The summed E-state index contributed by atoms with van der Waals surface area (Å²) >= 11 is 0. The van der Waals surface area contributed by atoms with Gasteiger partial charge in [-0.2, -0.15) is 0 Å². The third-order valence-electron chi connectivity index (χ3n) is 3.24. The monoisotopic (exact) mass is 264 g/mol. The van der Waals surface area contributed by atoms with Crippen LogP contribution in [-0.4, -0.2) is 42.3 Å². The van der Waals surface area contributed by atoms with Crippen LogP contribution in [0.1, 0.15) is 33.0 Å². The van der Waals surface area contributed by atoms with E-state index in [0.717, 1.165) is 50.0 Å². The number of rotatable bonds is 4. The highest BCUT2D eigenvalue weighted by Crippen LogP contribution is 2.23. The third-order valence-corrected chi connectivity index (χ3v) is 3.24. The third kappa shape index (κ3) is 3.56. The lowest BCUT2D eigenvalue weighted by Gasteiger charge is -2.38. The summed E-state index contributed by atoms with van der Waals surface area (Å²) in [6.45, 7) is 8.87. The first-order valence-electron chi connectivity index (χ1n) is 6.98. The van der Waals surface area contributed by atoms with Gasteiger partial charge in [0.2, 0.25) is 0 Å². The number of anilines is 2. The molecule has 1 aliphatic heterocycles. The molecular weight excluding hydrogens is 240 g/mol. The molecule has 0 bridgehead atoms. The summed E-state index contributed by atoms with van der Waals surface area (Å²) < 4.78 is 5.75. The normalized spacial score (nSPS) is 18.4. The molecular formula is C14H24N4O. The van der Waals surface area contributed by atoms with Gasteiger partial charge in [-0.15, -0.1) is 0 Å². The zero-order valence-electron chi connectivity index (χ0n) is 12.4. The van der Waals surface area contributed by atoms with Crippen LogP contribution >= 0.6 is 0 Å². The van der Waals surface area contributed by atoms with Crippen molar-refractivity contribution in [2.24, 2.45) is 0 Å². The lowest BCUT2D eigenvalue weighted by Crippen LogP contribution is -2.48. The summed E-state index contributed by atoms with van der Waals surface area (Å²) in [6, 6.07) is 2.01. The molecule has 1 N–H and O–H groups in total. The fraction of sp³-hybridized carbons (Fsp3) is 0.714. The smallest absolute Gasteiger partial charge is 0.134 e. The van der Waals surface area contributed by atoms with E-state index in [1.165, 1.54) is 0 Å². The Kier molecular flexibility index (Phi) is 4.24. The van der Waals surface area contributed by atoms with Crippen molar-refractivity contribution in [1.29, 1.82) is 0 Å². The first kappa shape index (κ1) is 14.1. The van der Waals surface area contributed by atoms with Crippen molar-refractivity contribution < 1.29 is 4.74 Å². The second-order valence-corrected chi connectivity index (χ2v) is 5.56. The van der Waals surface area contributed by atoms with Crippen LogP contribution in [0.15, 0.2) is 6.07 Å². The van der Waals surface area contributed by atoms with Gasteiger partial charge in [-0.1, -0.05) is 6.92 Å². The number of hydrogen-bond acceptors (Lipinski definition) is 5. The molecule has 5 nitrogen and oxygen atoms in total. The molecule has 1 aliphatic rings. The van der Waals surface area contributed by atoms with Crippen molar-refractivity contribution in [3.63, 3.8) is 0 Å². The molecule has 0 radical (unpaired) electrons. The Balaban J connectivity index is 2.25. The minimum atomic E-state index is -0.117. The van der Waals surface area contributed by atoms with Gasteiger partial charge in [0.15, 0.2) is 0 Å². The molecule has 0 aliphatic carbocycles. The average Bonchev–Trinajstić information content (AvgIpc) is 2.37. The van der Waals surface area contributed by atoms with Gasteiger partial charge in [-0.3, -0.25) is 0 Å². The molecule has 0 atom stereocenters. The molecule has 0 amide bonds. The minimum absolute atomic E-state index is 0.117. The summed E-state index contributed by atoms with van der Waals surface area (Å²) in [6.07, 6.45) is 1.97. The Morgan fingerprint density at radius 1 is 1.42 bits per heavy atom. The van der Waals surface area contributed by atoms with Crippen LogP contribution in [0.5, 0.6) is 0 Å². The van der Waals surface area contributed by atoms with E-state index in [0.29, 0.717) is 0 Å². The molecule has 2 rings (SSSR count). The Bertz CT molecular complexity index is 433. The van der Waals surface area contributed by atoms with Crippen LogP contribution in [0.25, 0.3) is 0 Å². The second kappa shape index (κ2) is 5.74. The van der Waals surface area contributed by atoms with Crippen LogP contribution in [0.4, 0.5) is 11.6 Å². The van der Waals surface area contributed by atoms with E-state index in [2.05, 4.69) is 41.0 Å². The van der Waals surface area contributed by atoms with Crippen LogP contribution in [-0.2, 0) is 11.2 Å². The summed E-state index contributed by atoms with van der Waals surface area (Å²) in [4.78, 5) is 11.5. The number of morpholine rings is 1. The largest absolute Gasteiger partial charge is 0.373 e.